The third-order valence-electron chi connectivity index (χ3n) is 10.2. The van der Waals surface area contributed by atoms with Crippen molar-refractivity contribution in [3.8, 4) is 33.6 Å². The number of likely N-dealkylation sites (tertiary alicyclic amines) is 2. The number of aryl methyl sites for hydroxylation is 1. The van der Waals surface area contributed by atoms with Gasteiger partial charge in [0.15, 0.2) is 0 Å². The van der Waals surface area contributed by atoms with Crippen molar-refractivity contribution in [1.82, 2.24) is 29.7 Å². The van der Waals surface area contributed by atoms with E-state index in [2.05, 4.69) is 58.5 Å². The molecule has 0 radical (unpaired) electrons. The summed E-state index contributed by atoms with van der Waals surface area (Å²) in [5, 5.41) is 0. The molecule has 2 saturated carbocycles. The number of nitrogens with zero attached hydrogens (tertiary/aromatic N) is 4. The number of imidazole rings is 2. The highest BCUT2D eigenvalue weighted by molar-refractivity contribution is 5.73. The van der Waals surface area contributed by atoms with Crippen LogP contribution in [-0.2, 0) is 9.47 Å². The molecule has 4 aromatic rings. The molecule has 2 N–H and O–H groups in total. The van der Waals surface area contributed by atoms with Gasteiger partial charge in [-0.15, -0.1) is 0 Å². The molecule has 10 heteroatoms. The van der Waals surface area contributed by atoms with Gasteiger partial charge in [-0.05, 0) is 97.1 Å². The Morgan fingerprint density at radius 1 is 0.673 bits per heavy atom. The molecular weight excluding hydrogens is 616 g/mol. The highest BCUT2D eigenvalue weighted by Crippen LogP contribution is 2.54. The maximum absolute atomic E-state index is 13.1. The van der Waals surface area contributed by atoms with Crippen LogP contribution in [0.4, 0.5) is 9.59 Å². The first-order valence-corrected chi connectivity index (χ1v) is 17.6. The zero-order chi connectivity index (χ0) is 34.4. The summed E-state index contributed by atoms with van der Waals surface area (Å²) in [6, 6.07) is 17.2. The Labute approximate surface area is 287 Å². The van der Waals surface area contributed by atoms with E-state index in [-0.39, 0.29) is 36.4 Å². The molecule has 49 heavy (non-hydrogen) atoms. The van der Waals surface area contributed by atoms with Gasteiger partial charge >= 0.3 is 12.2 Å². The third-order valence-corrected chi connectivity index (χ3v) is 10.2. The van der Waals surface area contributed by atoms with Crippen LogP contribution in [-0.4, -0.2) is 65.2 Å². The van der Waals surface area contributed by atoms with E-state index in [1.54, 1.807) is 0 Å². The van der Waals surface area contributed by atoms with Crippen molar-refractivity contribution >= 4 is 12.2 Å². The second-order valence-corrected chi connectivity index (χ2v) is 16.3. The minimum atomic E-state index is -0.536. The topological polar surface area (TPSA) is 116 Å². The first-order chi connectivity index (χ1) is 23.2. The van der Waals surface area contributed by atoms with E-state index < -0.39 is 11.2 Å². The van der Waals surface area contributed by atoms with Crippen LogP contribution in [0.3, 0.4) is 0 Å². The third kappa shape index (κ3) is 6.10. The number of ether oxygens (including phenoxy) is 2. The number of amides is 2. The molecule has 4 aliphatic rings. The number of rotatable bonds is 5. The predicted octanol–water partition coefficient (Wildman–Crippen LogP) is 8.58. The van der Waals surface area contributed by atoms with Crippen LogP contribution in [0.15, 0.2) is 54.7 Å². The van der Waals surface area contributed by atoms with Crippen LogP contribution in [0.25, 0.3) is 33.6 Å². The van der Waals surface area contributed by atoms with Gasteiger partial charge in [0.25, 0.3) is 0 Å². The lowest BCUT2D eigenvalue weighted by atomic mass is 10.0. The summed E-state index contributed by atoms with van der Waals surface area (Å²) in [6.45, 7) is 13.5. The van der Waals surface area contributed by atoms with Crippen molar-refractivity contribution in [2.75, 3.05) is 0 Å². The minimum absolute atomic E-state index is 0.0907. The maximum Gasteiger partial charge on any atom is 0.411 e. The molecule has 2 saturated heterocycles. The van der Waals surface area contributed by atoms with Gasteiger partial charge in [-0.2, -0.15) is 0 Å². The molecule has 10 nitrogen and oxygen atoms in total. The lowest BCUT2D eigenvalue weighted by Crippen LogP contribution is -2.38. The number of nitrogens with one attached hydrogen (secondary N) is 2. The molecule has 2 amide bonds. The molecule has 4 fully saturated rings. The lowest BCUT2D eigenvalue weighted by Gasteiger charge is -2.29. The number of aromatic nitrogens is 4. The van der Waals surface area contributed by atoms with Gasteiger partial charge in [0.2, 0.25) is 0 Å². The molecule has 256 valence electrons. The normalized spacial score (nSPS) is 25.6. The number of aromatic amines is 2. The second-order valence-electron chi connectivity index (χ2n) is 16.3. The zero-order valence-electron chi connectivity index (χ0n) is 29.4. The number of hydrogen-bond acceptors (Lipinski definition) is 6. The fourth-order valence-electron chi connectivity index (χ4n) is 7.79. The highest BCUT2D eigenvalue weighted by Gasteiger charge is 2.57. The summed E-state index contributed by atoms with van der Waals surface area (Å²) in [4.78, 5) is 46.7. The molecule has 6 atom stereocenters. The monoisotopic (exact) mass is 662 g/mol. The molecule has 4 heterocycles. The summed E-state index contributed by atoms with van der Waals surface area (Å²) < 4.78 is 11.5. The highest BCUT2D eigenvalue weighted by atomic mass is 16.6. The maximum atomic E-state index is 13.1. The van der Waals surface area contributed by atoms with Gasteiger partial charge < -0.3 is 19.4 Å². The Balaban J connectivity index is 0.952. The predicted molar refractivity (Wildman–Crippen MR) is 186 cm³/mol. The van der Waals surface area contributed by atoms with E-state index in [1.807, 2.05) is 64.5 Å². The molecule has 8 rings (SSSR count). The summed E-state index contributed by atoms with van der Waals surface area (Å²) in [6.07, 6.45) is 5.34. The Bertz CT molecular complexity index is 1900. The van der Waals surface area contributed by atoms with Gasteiger partial charge in [-0.25, -0.2) is 19.6 Å². The number of benzene rings is 2. The van der Waals surface area contributed by atoms with Gasteiger partial charge in [-0.1, -0.05) is 48.5 Å². The molecular formula is C39H46N6O4. The lowest BCUT2D eigenvalue weighted by molar-refractivity contribution is 0.0164. The molecule has 0 bridgehead atoms. The van der Waals surface area contributed by atoms with E-state index >= 15 is 0 Å². The number of piperidine rings is 2. The Morgan fingerprint density at radius 3 is 1.65 bits per heavy atom. The molecule has 0 spiro atoms. The average Bonchev–Trinajstić information content (AvgIpc) is 3.67. The van der Waals surface area contributed by atoms with E-state index in [9.17, 15) is 9.59 Å². The van der Waals surface area contributed by atoms with E-state index in [0.717, 1.165) is 76.7 Å². The summed E-state index contributed by atoms with van der Waals surface area (Å²) in [5.41, 5.74) is 5.93. The fourth-order valence-corrected chi connectivity index (χ4v) is 7.79. The molecule has 4 unspecified atom stereocenters. The molecule has 2 aliphatic heterocycles. The summed E-state index contributed by atoms with van der Waals surface area (Å²) in [7, 11) is 0. The standard InChI is InChI=1S/C39H46N6O4/c1-21-33(43-35(41-21)32-19-27-17-30(27)45(32)37(47)49-39(5,6)7)25-14-10-23(11-15-25)22-8-12-24(13-9-22)28-20-40-34(42-28)31-18-26-16-29(26)44(31)36(46)48-38(2,3)4/h8-15,20,26-27,29-32H,16-19H2,1-7H3,(H,40,42)(H,41,43)/t26?,27?,29?,30?,31-,32-/m0/s1. The van der Waals surface area contributed by atoms with Crippen molar-refractivity contribution < 1.29 is 19.1 Å². The molecule has 2 aliphatic carbocycles. The molecule has 2 aromatic heterocycles. The van der Waals surface area contributed by atoms with Crippen LogP contribution >= 0.6 is 0 Å². The number of hydrogen-bond donors (Lipinski definition) is 2. The number of carbonyl (C=O) groups is 2. The van der Waals surface area contributed by atoms with Crippen LogP contribution in [0.1, 0.15) is 96.7 Å². The van der Waals surface area contributed by atoms with Gasteiger partial charge in [0, 0.05) is 35.1 Å². The van der Waals surface area contributed by atoms with Crippen LogP contribution in [0, 0.1) is 18.8 Å². The van der Waals surface area contributed by atoms with E-state index in [4.69, 9.17) is 19.4 Å². The molecule has 2 aromatic carbocycles. The average molecular weight is 663 g/mol. The SMILES string of the molecule is Cc1[nH]c([C@@H]2CC3CC3N2C(=O)OC(C)(C)C)nc1-c1ccc(-c2ccc(-c3c[nH]c([C@@H]4CC5CC5N4C(=O)OC(C)(C)C)n3)cc2)cc1. The van der Waals surface area contributed by atoms with Crippen molar-refractivity contribution in [3.05, 3.63) is 72.1 Å². The number of carbonyl (C=O) groups excluding carboxylic acids is 2. The van der Waals surface area contributed by atoms with E-state index in [0.29, 0.717) is 11.8 Å². The number of H-pyrrole nitrogens is 2. The first-order valence-electron chi connectivity index (χ1n) is 17.6. The van der Waals surface area contributed by atoms with Crippen molar-refractivity contribution in [3.63, 3.8) is 0 Å². The minimum Gasteiger partial charge on any atom is -0.444 e. The van der Waals surface area contributed by atoms with Crippen LogP contribution in [0.2, 0.25) is 0 Å². The summed E-state index contributed by atoms with van der Waals surface area (Å²) >= 11 is 0. The zero-order valence-corrected chi connectivity index (χ0v) is 29.4. The second kappa shape index (κ2) is 11.2. The smallest absolute Gasteiger partial charge is 0.411 e. The fraction of sp³-hybridized carbons (Fsp3) is 0.487. The Morgan fingerprint density at radius 2 is 1.14 bits per heavy atom. The first kappa shape index (κ1) is 31.7. The largest absolute Gasteiger partial charge is 0.444 e. The van der Waals surface area contributed by atoms with Gasteiger partial charge in [0.05, 0.1) is 23.5 Å². The van der Waals surface area contributed by atoms with Gasteiger partial charge in [0.1, 0.15) is 22.9 Å². The van der Waals surface area contributed by atoms with Crippen molar-refractivity contribution in [2.24, 2.45) is 11.8 Å². The quantitative estimate of drug-likeness (QED) is 0.221. The van der Waals surface area contributed by atoms with Crippen molar-refractivity contribution in [2.45, 2.75) is 110 Å². The Hall–Kier alpha value is -4.60. The number of fused-ring (bicyclic) bond motifs is 2. The Kier molecular flexibility index (Phi) is 7.25. The summed E-state index contributed by atoms with van der Waals surface area (Å²) in [5.74, 6) is 2.70. The van der Waals surface area contributed by atoms with Crippen molar-refractivity contribution in [1.29, 1.82) is 0 Å². The van der Waals surface area contributed by atoms with Gasteiger partial charge in [-0.3, -0.25) is 9.80 Å². The van der Waals surface area contributed by atoms with E-state index in [1.165, 1.54) is 0 Å². The van der Waals surface area contributed by atoms with Crippen LogP contribution < -0.4 is 0 Å². The van der Waals surface area contributed by atoms with Crippen LogP contribution in [0.5, 0.6) is 0 Å².